The minimum atomic E-state index is -0.883. The van der Waals surface area contributed by atoms with Crippen molar-refractivity contribution in [2.75, 3.05) is 0 Å². The number of amides is 2. The Morgan fingerprint density at radius 2 is 1.95 bits per heavy atom. The molecule has 20 heavy (non-hydrogen) atoms. The van der Waals surface area contributed by atoms with Gasteiger partial charge in [-0.25, -0.2) is 4.79 Å². The summed E-state index contributed by atoms with van der Waals surface area (Å²) < 4.78 is 0. The predicted molar refractivity (Wildman–Crippen MR) is 78.6 cm³/mol. The number of hydrogen-bond acceptors (Lipinski definition) is 2. The maximum atomic E-state index is 12.5. The predicted octanol–water partition coefficient (Wildman–Crippen LogP) is 2.85. The number of carboxylic acids is 1. The third-order valence-corrected chi connectivity index (χ3v) is 4.21. The first-order valence-corrected chi connectivity index (χ1v) is 7.47. The van der Waals surface area contributed by atoms with Crippen LogP contribution in [0.2, 0.25) is 0 Å². The van der Waals surface area contributed by atoms with Crippen LogP contribution in [-0.2, 0) is 4.79 Å². The van der Waals surface area contributed by atoms with Crippen LogP contribution in [0.3, 0.4) is 0 Å². The fourth-order valence-electron chi connectivity index (χ4n) is 2.81. The summed E-state index contributed by atoms with van der Waals surface area (Å²) in [5.74, 6) is -0.883. The number of nitrogens with zero attached hydrogens (tertiary/aromatic N) is 1. The number of carbonyl (C=O) groups is 2. The first-order chi connectivity index (χ1) is 9.16. The average molecular weight is 284 g/mol. The number of nitrogens with one attached hydrogen (secondary N) is 1. The maximum Gasteiger partial charge on any atom is 0.318 e. The molecule has 0 radical (unpaired) electrons. The van der Waals surface area contributed by atoms with E-state index in [9.17, 15) is 9.59 Å². The van der Waals surface area contributed by atoms with Crippen LogP contribution < -0.4 is 5.32 Å². The molecule has 3 unspecified atom stereocenters. The van der Waals surface area contributed by atoms with Gasteiger partial charge in [-0.15, -0.1) is 0 Å². The lowest BCUT2D eigenvalue weighted by Crippen LogP contribution is -2.53. The summed E-state index contributed by atoms with van der Waals surface area (Å²) in [7, 11) is 0. The lowest BCUT2D eigenvalue weighted by Gasteiger charge is -2.35. The fraction of sp³-hybridized carbons (Fsp3) is 0.867. The highest BCUT2D eigenvalue weighted by Gasteiger charge is 2.36. The lowest BCUT2D eigenvalue weighted by molar-refractivity contribution is -0.138. The molecule has 0 saturated carbocycles. The van der Waals surface area contributed by atoms with Crippen LogP contribution in [0.25, 0.3) is 0 Å². The van der Waals surface area contributed by atoms with E-state index in [1.165, 1.54) is 0 Å². The molecular formula is C15H28N2O3. The molecule has 5 nitrogen and oxygen atoms in total. The van der Waals surface area contributed by atoms with Crippen LogP contribution in [0.5, 0.6) is 0 Å². The average Bonchev–Trinajstić information content (AvgIpc) is 2.67. The van der Waals surface area contributed by atoms with E-state index in [4.69, 9.17) is 5.11 Å². The molecule has 1 fully saturated rings. The van der Waals surface area contributed by atoms with Gasteiger partial charge in [0.1, 0.15) is 0 Å². The van der Waals surface area contributed by atoms with Crippen LogP contribution in [0.1, 0.15) is 60.3 Å². The molecule has 2 N–H and O–H groups in total. The molecule has 0 aromatic rings. The van der Waals surface area contributed by atoms with Crippen molar-refractivity contribution < 1.29 is 14.7 Å². The summed E-state index contributed by atoms with van der Waals surface area (Å²) in [6, 6.07) is 0.0154. The SMILES string of the molecule is CCC1CCC(C)N1C(=O)NC(CC(=O)O)C(C)(C)C. The Balaban J connectivity index is 2.77. The summed E-state index contributed by atoms with van der Waals surface area (Å²) in [6.07, 6.45) is 2.94. The molecule has 2 amide bonds. The second-order valence-electron chi connectivity index (χ2n) is 6.86. The van der Waals surface area contributed by atoms with E-state index in [0.29, 0.717) is 0 Å². The van der Waals surface area contributed by atoms with Gasteiger partial charge in [0.25, 0.3) is 0 Å². The molecule has 1 aliphatic rings. The second kappa shape index (κ2) is 6.46. The van der Waals surface area contributed by atoms with Gasteiger partial charge < -0.3 is 15.3 Å². The van der Waals surface area contributed by atoms with Crippen LogP contribution in [0.15, 0.2) is 0 Å². The van der Waals surface area contributed by atoms with Crippen molar-refractivity contribution in [1.82, 2.24) is 10.2 Å². The zero-order chi connectivity index (χ0) is 15.5. The molecule has 1 aliphatic heterocycles. The zero-order valence-corrected chi connectivity index (χ0v) is 13.3. The Bertz CT molecular complexity index is 363. The highest BCUT2D eigenvalue weighted by atomic mass is 16.4. The van der Waals surface area contributed by atoms with E-state index in [1.807, 2.05) is 25.7 Å². The van der Waals surface area contributed by atoms with E-state index < -0.39 is 5.97 Å². The second-order valence-corrected chi connectivity index (χ2v) is 6.86. The molecule has 0 bridgehead atoms. The first-order valence-electron chi connectivity index (χ1n) is 7.47. The van der Waals surface area contributed by atoms with Crippen molar-refractivity contribution in [3.8, 4) is 0 Å². The fourth-order valence-corrected chi connectivity index (χ4v) is 2.81. The Labute approximate surface area is 121 Å². The number of hydrogen-bond donors (Lipinski definition) is 2. The summed E-state index contributed by atoms with van der Waals surface area (Å²) in [4.78, 5) is 25.4. The smallest absolute Gasteiger partial charge is 0.318 e. The van der Waals surface area contributed by atoms with Crippen molar-refractivity contribution in [1.29, 1.82) is 0 Å². The third-order valence-electron chi connectivity index (χ3n) is 4.21. The molecule has 5 heteroatoms. The van der Waals surface area contributed by atoms with Gasteiger partial charge in [-0.05, 0) is 31.6 Å². The van der Waals surface area contributed by atoms with Crippen LogP contribution in [-0.4, -0.2) is 40.1 Å². The molecular weight excluding hydrogens is 256 g/mol. The van der Waals surface area contributed by atoms with Crippen LogP contribution >= 0.6 is 0 Å². The number of urea groups is 1. The monoisotopic (exact) mass is 284 g/mol. The topological polar surface area (TPSA) is 69.6 Å². The van der Waals surface area contributed by atoms with E-state index in [1.54, 1.807) is 0 Å². The highest BCUT2D eigenvalue weighted by molar-refractivity contribution is 5.77. The molecule has 0 aromatic carbocycles. The number of rotatable bonds is 4. The standard InChI is InChI=1S/C15H28N2O3/c1-6-11-8-7-10(2)17(11)14(20)16-12(9-13(18)19)15(3,4)5/h10-12H,6-9H2,1-5H3,(H,16,20)(H,18,19). The summed E-state index contributed by atoms with van der Waals surface area (Å²) >= 11 is 0. The van der Waals surface area contributed by atoms with Gasteiger partial charge >= 0.3 is 12.0 Å². The van der Waals surface area contributed by atoms with Gasteiger partial charge in [0.05, 0.1) is 6.42 Å². The third kappa shape index (κ3) is 4.12. The zero-order valence-electron chi connectivity index (χ0n) is 13.3. The molecule has 1 heterocycles. The first kappa shape index (κ1) is 16.8. The Morgan fingerprint density at radius 3 is 2.40 bits per heavy atom. The normalized spacial score (nSPS) is 24.6. The molecule has 1 rings (SSSR count). The maximum absolute atomic E-state index is 12.5. The minimum absolute atomic E-state index is 0.0474. The van der Waals surface area contributed by atoms with Crippen LogP contribution in [0.4, 0.5) is 4.79 Å². The molecule has 0 spiro atoms. The molecule has 3 atom stereocenters. The molecule has 116 valence electrons. The Morgan fingerprint density at radius 1 is 1.35 bits per heavy atom. The number of carboxylic acid groups (broad SMARTS) is 1. The number of aliphatic carboxylic acids is 1. The summed E-state index contributed by atoms with van der Waals surface area (Å²) in [5.41, 5.74) is -0.279. The summed E-state index contributed by atoms with van der Waals surface area (Å²) in [6.45, 7) is 9.99. The van der Waals surface area contributed by atoms with Gasteiger partial charge in [-0.1, -0.05) is 27.7 Å². The van der Waals surface area contributed by atoms with Gasteiger partial charge in [-0.2, -0.15) is 0 Å². The van der Waals surface area contributed by atoms with Crippen molar-refractivity contribution >= 4 is 12.0 Å². The van der Waals surface area contributed by atoms with E-state index in [2.05, 4.69) is 19.2 Å². The highest BCUT2D eigenvalue weighted by Crippen LogP contribution is 2.27. The van der Waals surface area contributed by atoms with Crippen molar-refractivity contribution in [3.05, 3.63) is 0 Å². The Kier molecular flexibility index (Phi) is 5.42. The Hall–Kier alpha value is -1.26. The van der Waals surface area contributed by atoms with Crippen molar-refractivity contribution in [2.45, 2.75) is 78.4 Å². The molecule has 0 aromatic heterocycles. The van der Waals surface area contributed by atoms with E-state index >= 15 is 0 Å². The van der Waals surface area contributed by atoms with Gasteiger partial charge in [0.2, 0.25) is 0 Å². The number of carbonyl (C=O) groups excluding carboxylic acids is 1. The van der Waals surface area contributed by atoms with Gasteiger partial charge in [-0.3, -0.25) is 4.79 Å². The molecule has 0 aliphatic carbocycles. The van der Waals surface area contributed by atoms with Crippen molar-refractivity contribution in [2.24, 2.45) is 5.41 Å². The van der Waals surface area contributed by atoms with Crippen LogP contribution in [0, 0.1) is 5.41 Å². The van der Waals surface area contributed by atoms with E-state index in [0.717, 1.165) is 19.3 Å². The molecule has 1 saturated heterocycles. The quantitative estimate of drug-likeness (QED) is 0.834. The largest absolute Gasteiger partial charge is 0.481 e. The number of likely N-dealkylation sites (tertiary alicyclic amines) is 1. The van der Waals surface area contributed by atoms with Crippen molar-refractivity contribution in [3.63, 3.8) is 0 Å². The van der Waals surface area contributed by atoms with Gasteiger partial charge in [0, 0.05) is 18.1 Å². The van der Waals surface area contributed by atoms with E-state index in [-0.39, 0.29) is 36.0 Å². The summed E-state index contributed by atoms with van der Waals surface area (Å²) in [5, 5.41) is 11.9. The van der Waals surface area contributed by atoms with Gasteiger partial charge in [0.15, 0.2) is 0 Å². The minimum Gasteiger partial charge on any atom is -0.481 e. The lowest BCUT2D eigenvalue weighted by atomic mass is 9.85.